The Labute approximate surface area is 214 Å². The Morgan fingerprint density at radius 1 is 0.972 bits per heavy atom. The summed E-state index contributed by atoms with van der Waals surface area (Å²) in [5.74, 6) is 1.61. The highest BCUT2D eigenvalue weighted by Gasteiger charge is 2.18. The molecule has 0 heterocycles. The number of carbonyl (C=O) groups is 1. The number of rotatable bonds is 9. The van der Waals surface area contributed by atoms with Crippen molar-refractivity contribution >= 4 is 11.5 Å². The molecule has 0 fully saturated rings. The van der Waals surface area contributed by atoms with Crippen LogP contribution in [0.1, 0.15) is 62.6 Å². The van der Waals surface area contributed by atoms with Gasteiger partial charge in [0.2, 0.25) is 0 Å². The maximum Gasteiger partial charge on any atom is 0.308 e. The first-order chi connectivity index (χ1) is 17.5. The van der Waals surface area contributed by atoms with Gasteiger partial charge in [-0.2, -0.15) is 0 Å². The maximum atomic E-state index is 12.1. The molecule has 4 rings (SSSR count). The maximum absolute atomic E-state index is 12.1. The van der Waals surface area contributed by atoms with E-state index in [4.69, 9.17) is 9.47 Å². The highest BCUT2D eigenvalue weighted by molar-refractivity contribution is 5.88. The Morgan fingerprint density at radius 2 is 1.72 bits per heavy atom. The van der Waals surface area contributed by atoms with Gasteiger partial charge in [0.15, 0.2) is 0 Å². The van der Waals surface area contributed by atoms with E-state index < -0.39 is 0 Å². The molecule has 1 unspecified atom stereocenters. The zero-order valence-corrected chi connectivity index (χ0v) is 21.4. The Bertz CT molecular complexity index is 1260. The van der Waals surface area contributed by atoms with Gasteiger partial charge in [-0.1, -0.05) is 93.1 Å². The fourth-order valence-corrected chi connectivity index (χ4v) is 4.49. The second kappa shape index (κ2) is 12.2. The first kappa shape index (κ1) is 25.2. The van der Waals surface area contributed by atoms with Crippen molar-refractivity contribution in [3.8, 4) is 22.6 Å². The van der Waals surface area contributed by atoms with Gasteiger partial charge in [0.05, 0.1) is 0 Å². The van der Waals surface area contributed by atoms with Crippen molar-refractivity contribution in [2.45, 2.75) is 52.6 Å². The summed E-state index contributed by atoms with van der Waals surface area (Å²) in [7, 11) is 0. The molecule has 3 aromatic carbocycles. The molecule has 0 saturated carbocycles. The smallest absolute Gasteiger partial charge is 0.308 e. The van der Waals surface area contributed by atoms with Crippen LogP contribution >= 0.6 is 0 Å². The van der Waals surface area contributed by atoms with Gasteiger partial charge in [-0.3, -0.25) is 4.79 Å². The van der Waals surface area contributed by atoms with Gasteiger partial charge in [-0.05, 0) is 65.3 Å². The van der Waals surface area contributed by atoms with E-state index in [0.717, 1.165) is 40.0 Å². The predicted molar refractivity (Wildman–Crippen MR) is 148 cm³/mol. The van der Waals surface area contributed by atoms with Crippen molar-refractivity contribution in [1.29, 1.82) is 0 Å². The number of ether oxygens (including phenoxy) is 2. The molecule has 3 heteroatoms. The van der Waals surface area contributed by atoms with Gasteiger partial charge in [0, 0.05) is 18.1 Å². The van der Waals surface area contributed by atoms with E-state index in [9.17, 15) is 4.79 Å². The van der Waals surface area contributed by atoms with E-state index >= 15 is 0 Å². The van der Waals surface area contributed by atoms with Gasteiger partial charge in [-0.15, -0.1) is 0 Å². The minimum Gasteiger partial charge on any atom is -0.489 e. The number of carbonyl (C=O) groups excluding carboxylic acids is 1. The van der Waals surface area contributed by atoms with Crippen LogP contribution in [0.3, 0.4) is 0 Å². The number of hydrogen-bond donors (Lipinski definition) is 0. The molecule has 0 amide bonds. The Hall–Kier alpha value is -3.85. The van der Waals surface area contributed by atoms with E-state index in [1.165, 1.54) is 25.3 Å². The summed E-state index contributed by atoms with van der Waals surface area (Å²) in [6.07, 6.45) is 13.6. The van der Waals surface area contributed by atoms with Crippen LogP contribution in [0.15, 0.2) is 97.1 Å². The third-order valence-electron chi connectivity index (χ3n) is 6.35. The summed E-state index contributed by atoms with van der Waals surface area (Å²) >= 11 is 0. The fraction of sp³-hybridized carbons (Fsp3) is 0.242. The lowest BCUT2D eigenvalue weighted by molar-refractivity contribution is -0.131. The highest BCUT2D eigenvalue weighted by atomic mass is 16.5. The summed E-state index contributed by atoms with van der Waals surface area (Å²) in [4.78, 5) is 12.1. The molecule has 1 atom stereocenters. The highest BCUT2D eigenvalue weighted by Crippen LogP contribution is 2.39. The molecule has 184 valence electrons. The number of esters is 1. The van der Waals surface area contributed by atoms with E-state index in [0.29, 0.717) is 18.3 Å². The molecular weight excluding hydrogens is 444 g/mol. The fourth-order valence-electron chi connectivity index (χ4n) is 4.49. The number of allylic oxidation sites excluding steroid dienone is 6. The molecule has 0 N–H and O–H groups in total. The van der Waals surface area contributed by atoms with Crippen molar-refractivity contribution in [3.63, 3.8) is 0 Å². The zero-order valence-electron chi connectivity index (χ0n) is 21.4. The van der Waals surface area contributed by atoms with Crippen LogP contribution in [0.5, 0.6) is 11.5 Å². The lowest BCUT2D eigenvalue weighted by Crippen LogP contribution is -2.07. The molecule has 1 aliphatic rings. The van der Waals surface area contributed by atoms with Gasteiger partial charge >= 0.3 is 5.97 Å². The molecule has 0 bridgehead atoms. The summed E-state index contributed by atoms with van der Waals surface area (Å²) < 4.78 is 12.0. The molecule has 3 aromatic rings. The van der Waals surface area contributed by atoms with E-state index in [2.05, 4.69) is 74.5 Å². The van der Waals surface area contributed by atoms with E-state index in [1.54, 1.807) is 0 Å². The minimum absolute atomic E-state index is 0.344. The first-order valence-electron chi connectivity index (χ1n) is 12.7. The van der Waals surface area contributed by atoms with Crippen LogP contribution in [0.4, 0.5) is 0 Å². The Morgan fingerprint density at radius 3 is 2.44 bits per heavy atom. The topological polar surface area (TPSA) is 35.5 Å². The van der Waals surface area contributed by atoms with E-state index in [1.807, 2.05) is 36.4 Å². The van der Waals surface area contributed by atoms with Crippen molar-refractivity contribution in [2.24, 2.45) is 0 Å². The summed E-state index contributed by atoms with van der Waals surface area (Å²) in [5, 5.41) is 0. The van der Waals surface area contributed by atoms with Gasteiger partial charge < -0.3 is 9.47 Å². The van der Waals surface area contributed by atoms with Gasteiger partial charge in [-0.25, -0.2) is 0 Å². The average Bonchev–Trinajstić information content (AvgIpc) is 3.18. The van der Waals surface area contributed by atoms with Crippen LogP contribution in [0.25, 0.3) is 16.7 Å². The zero-order chi connectivity index (χ0) is 25.3. The van der Waals surface area contributed by atoms with Crippen LogP contribution in [0, 0.1) is 0 Å². The average molecular weight is 479 g/mol. The molecular formula is C33H34O3. The third-order valence-corrected chi connectivity index (χ3v) is 6.35. The van der Waals surface area contributed by atoms with Crippen molar-refractivity contribution < 1.29 is 14.3 Å². The third kappa shape index (κ3) is 6.42. The lowest BCUT2D eigenvalue weighted by atomic mass is 9.94. The summed E-state index contributed by atoms with van der Waals surface area (Å²) in [6, 6.07) is 22.6. The molecule has 0 radical (unpaired) electrons. The SMILES string of the molecule is CCCC(C)c1ccc(OCc2cc(C3=CC=CCC=C3)c(OC(C)=O)c(-c3ccccc3)c2)cc1. The van der Waals surface area contributed by atoms with E-state index in [-0.39, 0.29) is 5.97 Å². The molecule has 1 aliphatic carbocycles. The second-order valence-electron chi connectivity index (χ2n) is 9.22. The summed E-state index contributed by atoms with van der Waals surface area (Å²) in [5.41, 5.74) is 6.06. The molecule has 0 spiro atoms. The van der Waals surface area contributed by atoms with Crippen LogP contribution < -0.4 is 9.47 Å². The normalized spacial score (nSPS) is 13.6. The van der Waals surface area contributed by atoms with Crippen molar-refractivity contribution in [3.05, 3.63) is 114 Å². The molecule has 3 nitrogen and oxygen atoms in total. The second-order valence-corrected chi connectivity index (χ2v) is 9.22. The minimum atomic E-state index is -0.344. The standard InChI is InChI=1S/C33H34O3/c1-4-12-24(2)27-17-19-30(20-18-27)35-23-26-21-31(28-13-8-5-6-9-14-28)33(36-25(3)34)32(22-26)29-15-10-7-11-16-29/h5,7-11,13-22,24H,4,6,12,23H2,1-3H3. The lowest BCUT2D eigenvalue weighted by Gasteiger charge is -2.18. The molecule has 0 aromatic heterocycles. The van der Waals surface area contributed by atoms with Crippen LogP contribution in [-0.4, -0.2) is 5.97 Å². The Kier molecular flexibility index (Phi) is 8.57. The molecule has 0 saturated heterocycles. The predicted octanol–water partition coefficient (Wildman–Crippen LogP) is 8.66. The van der Waals surface area contributed by atoms with Gasteiger partial charge in [0.1, 0.15) is 18.1 Å². The quantitative estimate of drug-likeness (QED) is 0.228. The summed E-state index contributed by atoms with van der Waals surface area (Å²) in [6.45, 7) is 6.33. The molecule has 0 aliphatic heterocycles. The van der Waals surface area contributed by atoms with Gasteiger partial charge in [0.25, 0.3) is 0 Å². The Balaban J connectivity index is 1.71. The number of hydrogen-bond acceptors (Lipinski definition) is 3. The monoisotopic (exact) mass is 478 g/mol. The molecule has 36 heavy (non-hydrogen) atoms. The largest absolute Gasteiger partial charge is 0.489 e. The van der Waals surface area contributed by atoms with Crippen molar-refractivity contribution in [1.82, 2.24) is 0 Å². The van der Waals surface area contributed by atoms with Crippen LogP contribution in [-0.2, 0) is 11.4 Å². The van der Waals surface area contributed by atoms with Crippen molar-refractivity contribution in [2.75, 3.05) is 0 Å². The first-order valence-corrected chi connectivity index (χ1v) is 12.7. The van der Waals surface area contributed by atoms with Crippen LogP contribution in [0.2, 0.25) is 0 Å². The number of benzene rings is 3.